The molecule has 0 saturated heterocycles. The minimum Gasteiger partial charge on any atom is -0.355 e. The molecule has 0 fully saturated rings. The highest BCUT2D eigenvalue weighted by atomic mass is 32.2. The van der Waals surface area contributed by atoms with E-state index in [4.69, 9.17) is 0 Å². The molecule has 1 rings (SSSR count). The molecule has 0 unspecified atom stereocenters. The zero-order valence-corrected chi connectivity index (χ0v) is 11.5. The number of aromatic nitrogens is 2. The van der Waals surface area contributed by atoms with E-state index < -0.39 is 10.0 Å². The lowest BCUT2D eigenvalue weighted by Gasteiger charge is -2.15. The Kier molecular flexibility index (Phi) is 4.85. The van der Waals surface area contributed by atoms with Gasteiger partial charge in [0.15, 0.2) is 5.03 Å². The number of rotatable bonds is 6. The van der Waals surface area contributed by atoms with Gasteiger partial charge in [0.1, 0.15) is 5.82 Å². The number of nitrogens with one attached hydrogen (secondary N) is 2. The van der Waals surface area contributed by atoms with E-state index in [0.717, 1.165) is 4.31 Å². The molecular formula is C10H18N4O3S. The Hall–Kier alpha value is -1.41. The smallest absolute Gasteiger partial charge is 0.260 e. The highest BCUT2D eigenvalue weighted by Gasteiger charge is 2.24. The Labute approximate surface area is 107 Å². The molecule has 102 valence electrons. The number of carbonyl (C=O) groups is 1. The van der Waals surface area contributed by atoms with Crippen LogP contribution in [-0.4, -0.2) is 48.7 Å². The second-order valence-electron chi connectivity index (χ2n) is 3.76. The SMILES string of the molecule is CCNC(=O)CN(C)S(=O)(=O)c1cnc(CC)[nH]1. The summed E-state index contributed by atoms with van der Waals surface area (Å²) in [5.41, 5.74) is 0. The lowest BCUT2D eigenvalue weighted by molar-refractivity contribution is -0.121. The Morgan fingerprint density at radius 1 is 1.50 bits per heavy atom. The van der Waals surface area contributed by atoms with Crippen molar-refractivity contribution in [1.29, 1.82) is 0 Å². The number of hydrogen-bond acceptors (Lipinski definition) is 4. The summed E-state index contributed by atoms with van der Waals surface area (Å²) in [6.07, 6.45) is 1.89. The van der Waals surface area contributed by atoms with Gasteiger partial charge in [0, 0.05) is 20.0 Å². The maximum Gasteiger partial charge on any atom is 0.260 e. The molecule has 0 spiro atoms. The summed E-state index contributed by atoms with van der Waals surface area (Å²) in [7, 11) is -2.33. The van der Waals surface area contributed by atoms with Gasteiger partial charge in [-0.25, -0.2) is 13.4 Å². The first-order valence-electron chi connectivity index (χ1n) is 5.68. The minimum absolute atomic E-state index is 0.00569. The predicted molar refractivity (Wildman–Crippen MR) is 66.5 cm³/mol. The number of nitrogens with zero attached hydrogens (tertiary/aromatic N) is 2. The maximum absolute atomic E-state index is 12.1. The van der Waals surface area contributed by atoms with Crippen LogP contribution in [0.1, 0.15) is 19.7 Å². The summed E-state index contributed by atoms with van der Waals surface area (Å²) in [5, 5.41) is 2.55. The van der Waals surface area contributed by atoms with Gasteiger partial charge in [0.2, 0.25) is 5.91 Å². The van der Waals surface area contributed by atoms with Crippen molar-refractivity contribution in [3.05, 3.63) is 12.0 Å². The molecule has 1 aromatic heterocycles. The van der Waals surface area contributed by atoms with E-state index in [1.54, 1.807) is 6.92 Å². The number of carbonyl (C=O) groups excluding carboxylic acids is 1. The van der Waals surface area contributed by atoms with Crippen molar-refractivity contribution in [2.45, 2.75) is 25.3 Å². The van der Waals surface area contributed by atoms with E-state index in [0.29, 0.717) is 18.8 Å². The average Bonchev–Trinajstić information content (AvgIpc) is 2.78. The lowest BCUT2D eigenvalue weighted by atomic mass is 10.5. The van der Waals surface area contributed by atoms with Crippen LogP contribution in [-0.2, 0) is 21.2 Å². The standard InChI is InChI=1S/C10H18N4O3S/c1-4-8-12-6-10(13-8)18(16,17)14(3)7-9(15)11-5-2/h6H,4-5,7H2,1-3H3,(H,11,15)(H,12,13). The lowest BCUT2D eigenvalue weighted by Crippen LogP contribution is -2.38. The van der Waals surface area contributed by atoms with Crippen LogP contribution in [0.15, 0.2) is 11.2 Å². The summed E-state index contributed by atoms with van der Waals surface area (Å²) < 4.78 is 25.1. The van der Waals surface area contributed by atoms with Crippen LogP contribution in [0.5, 0.6) is 0 Å². The third-order valence-corrected chi connectivity index (χ3v) is 4.08. The summed E-state index contributed by atoms with van der Waals surface area (Å²) in [6.45, 7) is 3.90. The Bertz CT molecular complexity index is 509. The van der Waals surface area contributed by atoms with Crippen LogP contribution in [0, 0.1) is 0 Å². The zero-order valence-electron chi connectivity index (χ0n) is 10.7. The minimum atomic E-state index is -3.69. The van der Waals surface area contributed by atoms with Crippen LogP contribution >= 0.6 is 0 Å². The first-order chi connectivity index (χ1) is 8.41. The van der Waals surface area contributed by atoms with Gasteiger partial charge in [-0.05, 0) is 6.92 Å². The third-order valence-electron chi connectivity index (χ3n) is 2.37. The summed E-state index contributed by atoms with van der Waals surface area (Å²) in [4.78, 5) is 18.0. The molecule has 1 heterocycles. The van der Waals surface area contributed by atoms with Gasteiger partial charge in [0.25, 0.3) is 10.0 Å². The van der Waals surface area contributed by atoms with Crippen LogP contribution in [0.2, 0.25) is 0 Å². The monoisotopic (exact) mass is 274 g/mol. The van der Waals surface area contributed by atoms with Gasteiger partial charge in [-0.2, -0.15) is 4.31 Å². The summed E-state index contributed by atoms with van der Waals surface area (Å²) >= 11 is 0. The molecule has 1 aromatic rings. The van der Waals surface area contributed by atoms with Gasteiger partial charge >= 0.3 is 0 Å². The number of aromatic amines is 1. The molecule has 0 saturated carbocycles. The summed E-state index contributed by atoms with van der Waals surface area (Å²) in [5.74, 6) is 0.263. The van der Waals surface area contributed by atoms with Crippen molar-refractivity contribution in [3.8, 4) is 0 Å². The van der Waals surface area contributed by atoms with Crippen molar-refractivity contribution >= 4 is 15.9 Å². The molecule has 0 aliphatic carbocycles. The number of likely N-dealkylation sites (N-methyl/N-ethyl adjacent to an activating group) is 2. The van der Waals surface area contributed by atoms with Crippen molar-refractivity contribution in [3.63, 3.8) is 0 Å². The molecule has 18 heavy (non-hydrogen) atoms. The molecule has 7 nitrogen and oxygen atoms in total. The van der Waals surface area contributed by atoms with E-state index >= 15 is 0 Å². The second-order valence-corrected chi connectivity index (χ2v) is 5.78. The van der Waals surface area contributed by atoms with Crippen molar-refractivity contribution < 1.29 is 13.2 Å². The first kappa shape index (κ1) is 14.7. The quantitative estimate of drug-likeness (QED) is 0.746. The average molecular weight is 274 g/mol. The third kappa shape index (κ3) is 3.30. The number of amides is 1. The topological polar surface area (TPSA) is 95.2 Å². The van der Waals surface area contributed by atoms with Gasteiger partial charge in [-0.3, -0.25) is 4.79 Å². The Morgan fingerprint density at radius 3 is 2.67 bits per heavy atom. The van der Waals surface area contributed by atoms with Gasteiger partial charge < -0.3 is 10.3 Å². The molecule has 1 amide bonds. The normalized spacial score (nSPS) is 11.8. The molecule has 2 N–H and O–H groups in total. The predicted octanol–water partition coefficient (Wildman–Crippen LogP) is -0.271. The molecule has 0 aromatic carbocycles. The van der Waals surface area contributed by atoms with Gasteiger partial charge in [-0.15, -0.1) is 0 Å². The fourth-order valence-electron chi connectivity index (χ4n) is 1.36. The van der Waals surface area contributed by atoms with E-state index in [1.807, 2.05) is 6.92 Å². The van der Waals surface area contributed by atoms with E-state index in [2.05, 4.69) is 15.3 Å². The number of imidazole rings is 1. The molecule has 0 atom stereocenters. The first-order valence-corrected chi connectivity index (χ1v) is 7.12. The fourth-order valence-corrected chi connectivity index (χ4v) is 2.42. The molecule has 0 aliphatic rings. The van der Waals surface area contributed by atoms with Gasteiger partial charge in [-0.1, -0.05) is 6.92 Å². The second kappa shape index (κ2) is 5.96. The van der Waals surface area contributed by atoms with E-state index in [-0.39, 0.29) is 17.5 Å². The summed E-state index contributed by atoms with van der Waals surface area (Å²) in [6, 6.07) is 0. The number of aryl methyl sites for hydroxylation is 1. The molecule has 8 heteroatoms. The van der Waals surface area contributed by atoms with Crippen molar-refractivity contribution in [2.24, 2.45) is 0 Å². The fraction of sp³-hybridized carbons (Fsp3) is 0.600. The maximum atomic E-state index is 12.1. The number of H-pyrrole nitrogens is 1. The number of hydrogen-bond donors (Lipinski definition) is 2. The van der Waals surface area contributed by atoms with Gasteiger partial charge in [0.05, 0.1) is 12.7 Å². The Morgan fingerprint density at radius 2 is 2.17 bits per heavy atom. The van der Waals surface area contributed by atoms with Crippen molar-refractivity contribution in [2.75, 3.05) is 20.1 Å². The number of sulfonamides is 1. The van der Waals surface area contributed by atoms with Crippen LogP contribution in [0.4, 0.5) is 0 Å². The van der Waals surface area contributed by atoms with Crippen LogP contribution in [0.25, 0.3) is 0 Å². The largest absolute Gasteiger partial charge is 0.355 e. The van der Waals surface area contributed by atoms with E-state index in [9.17, 15) is 13.2 Å². The Balaban J connectivity index is 2.82. The molecule has 0 radical (unpaired) electrons. The molecule has 0 bridgehead atoms. The molecular weight excluding hydrogens is 256 g/mol. The van der Waals surface area contributed by atoms with Crippen molar-refractivity contribution in [1.82, 2.24) is 19.6 Å². The highest BCUT2D eigenvalue weighted by Crippen LogP contribution is 2.11. The highest BCUT2D eigenvalue weighted by molar-refractivity contribution is 7.89. The van der Waals surface area contributed by atoms with E-state index in [1.165, 1.54) is 13.2 Å². The zero-order chi connectivity index (χ0) is 13.8. The van der Waals surface area contributed by atoms with Crippen LogP contribution in [0.3, 0.4) is 0 Å². The molecule has 0 aliphatic heterocycles. The van der Waals surface area contributed by atoms with Crippen LogP contribution < -0.4 is 5.32 Å².